The summed E-state index contributed by atoms with van der Waals surface area (Å²) in [5.74, 6) is 0. The first-order chi connectivity index (χ1) is 8.91. The largest absolute Gasteiger partial charge is 0.0885 e. The molecule has 106 valence electrons. The maximum Gasteiger partial charge on any atom is -0.0316 e. The Morgan fingerprint density at radius 2 is 0.833 bits per heavy atom. The van der Waals surface area contributed by atoms with Gasteiger partial charge in [-0.05, 0) is 38.5 Å². The van der Waals surface area contributed by atoms with Crippen molar-refractivity contribution in [3.05, 3.63) is 24.3 Å². The Hall–Kier alpha value is -0.520. The molecule has 0 atom stereocenters. The summed E-state index contributed by atoms with van der Waals surface area (Å²) in [6.07, 6.45) is 25.5. The van der Waals surface area contributed by atoms with Gasteiger partial charge in [-0.3, -0.25) is 0 Å². The molecule has 0 heteroatoms. The molecule has 0 aliphatic rings. The predicted molar refractivity (Wildman–Crippen MR) is 85.0 cm³/mol. The highest BCUT2D eigenvalue weighted by atomic mass is 13.9. The number of unbranched alkanes of at least 4 members (excludes halogenated alkanes) is 9. The van der Waals surface area contributed by atoms with Crippen LogP contribution in [-0.2, 0) is 0 Å². The van der Waals surface area contributed by atoms with Gasteiger partial charge in [0, 0.05) is 0 Å². The molecule has 0 saturated carbocycles. The van der Waals surface area contributed by atoms with E-state index in [0.29, 0.717) is 0 Å². The second-order valence-corrected chi connectivity index (χ2v) is 5.22. The zero-order valence-electron chi connectivity index (χ0n) is 12.8. The third-order valence-electron chi connectivity index (χ3n) is 3.28. The van der Waals surface area contributed by atoms with Crippen LogP contribution in [0.1, 0.15) is 90.9 Å². The number of allylic oxidation sites excluding steroid dienone is 4. The third-order valence-corrected chi connectivity index (χ3v) is 3.28. The van der Waals surface area contributed by atoms with Crippen LogP contribution in [0.2, 0.25) is 0 Å². The molecule has 0 aromatic carbocycles. The Morgan fingerprint density at radius 3 is 1.39 bits per heavy atom. The van der Waals surface area contributed by atoms with Gasteiger partial charge in [-0.1, -0.05) is 76.7 Å². The van der Waals surface area contributed by atoms with Gasteiger partial charge in [0.1, 0.15) is 0 Å². The van der Waals surface area contributed by atoms with Crippen LogP contribution in [0.25, 0.3) is 0 Å². The van der Waals surface area contributed by atoms with E-state index in [1.807, 2.05) is 0 Å². The van der Waals surface area contributed by atoms with Gasteiger partial charge in [-0.2, -0.15) is 0 Å². The monoisotopic (exact) mass is 250 g/mol. The van der Waals surface area contributed by atoms with Crippen molar-refractivity contribution in [3.63, 3.8) is 0 Å². The van der Waals surface area contributed by atoms with E-state index in [0.717, 1.165) is 0 Å². The molecule has 0 aromatic heterocycles. The van der Waals surface area contributed by atoms with Crippen LogP contribution < -0.4 is 0 Å². The smallest absolute Gasteiger partial charge is 0.0316 e. The first-order valence-corrected chi connectivity index (χ1v) is 8.21. The standard InChI is InChI=1S/C18H34/c1-3-5-7-9-11-13-15-17-18-16-14-12-10-8-6-4-2/h11,13,16,18H,3-10,12,14-15,17H2,1-2H3/b13-11?,18-16+. The normalized spacial score (nSPS) is 11.9. The molecule has 0 aliphatic carbocycles. The van der Waals surface area contributed by atoms with E-state index >= 15 is 0 Å². The third kappa shape index (κ3) is 15.5. The van der Waals surface area contributed by atoms with E-state index in [2.05, 4.69) is 38.2 Å². The van der Waals surface area contributed by atoms with Crippen LogP contribution in [-0.4, -0.2) is 0 Å². The zero-order valence-corrected chi connectivity index (χ0v) is 12.8. The average molecular weight is 250 g/mol. The van der Waals surface area contributed by atoms with E-state index in [-0.39, 0.29) is 0 Å². The van der Waals surface area contributed by atoms with Gasteiger partial charge in [-0.15, -0.1) is 0 Å². The van der Waals surface area contributed by atoms with Gasteiger partial charge in [0.05, 0.1) is 0 Å². The van der Waals surface area contributed by atoms with Gasteiger partial charge < -0.3 is 0 Å². The van der Waals surface area contributed by atoms with Gasteiger partial charge >= 0.3 is 0 Å². The van der Waals surface area contributed by atoms with Crippen molar-refractivity contribution in [2.45, 2.75) is 90.9 Å². The second-order valence-electron chi connectivity index (χ2n) is 5.22. The molecule has 0 radical (unpaired) electrons. The lowest BCUT2D eigenvalue weighted by molar-refractivity contribution is 0.637. The summed E-state index contributed by atoms with van der Waals surface area (Å²) in [5, 5.41) is 0. The van der Waals surface area contributed by atoms with E-state index < -0.39 is 0 Å². The van der Waals surface area contributed by atoms with Crippen LogP contribution in [0, 0.1) is 0 Å². The highest BCUT2D eigenvalue weighted by Crippen LogP contribution is 2.06. The van der Waals surface area contributed by atoms with Gasteiger partial charge in [0.2, 0.25) is 0 Å². The highest BCUT2D eigenvalue weighted by Gasteiger charge is 1.86. The van der Waals surface area contributed by atoms with Crippen molar-refractivity contribution in [2.75, 3.05) is 0 Å². The predicted octanol–water partition coefficient (Wildman–Crippen LogP) is 6.82. The summed E-state index contributed by atoms with van der Waals surface area (Å²) in [6, 6.07) is 0. The Morgan fingerprint density at radius 1 is 0.444 bits per heavy atom. The SMILES string of the molecule is CCCCCC=CCC/C=C/CCCCCCC. The molecule has 0 spiro atoms. The molecular formula is C18H34. The molecule has 0 N–H and O–H groups in total. The van der Waals surface area contributed by atoms with Crippen molar-refractivity contribution in [1.82, 2.24) is 0 Å². The fourth-order valence-electron chi connectivity index (χ4n) is 2.04. The van der Waals surface area contributed by atoms with Gasteiger partial charge in [0.15, 0.2) is 0 Å². The molecule has 0 heterocycles. The van der Waals surface area contributed by atoms with E-state index in [1.54, 1.807) is 0 Å². The molecule has 0 unspecified atom stereocenters. The molecule has 0 aromatic rings. The van der Waals surface area contributed by atoms with Crippen LogP contribution in [0.15, 0.2) is 24.3 Å². The molecule has 0 fully saturated rings. The summed E-state index contributed by atoms with van der Waals surface area (Å²) in [4.78, 5) is 0. The van der Waals surface area contributed by atoms with Crippen molar-refractivity contribution in [2.24, 2.45) is 0 Å². The highest BCUT2D eigenvalue weighted by molar-refractivity contribution is 4.88. The summed E-state index contributed by atoms with van der Waals surface area (Å²) < 4.78 is 0. The summed E-state index contributed by atoms with van der Waals surface area (Å²) >= 11 is 0. The Labute approximate surface area is 116 Å². The Kier molecular flexibility index (Phi) is 16.0. The maximum atomic E-state index is 2.37. The minimum absolute atomic E-state index is 1.22. The number of hydrogen-bond acceptors (Lipinski definition) is 0. The van der Waals surface area contributed by atoms with Crippen LogP contribution in [0.5, 0.6) is 0 Å². The number of rotatable bonds is 13. The van der Waals surface area contributed by atoms with Crippen molar-refractivity contribution in [3.8, 4) is 0 Å². The Bertz CT molecular complexity index is 188. The first kappa shape index (κ1) is 17.5. The Balaban J connectivity index is 3.12. The van der Waals surface area contributed by atoms with Crippen molar-refractivity contribution < 1.29 is 0 Å². The zero-order chi connectivity index (χ0) is 13.3. The topological polar surface area (TPSA) is 0 Å². The molecule has 18 heavy (non-hydrogen) atoms. The first-order valence-electron chi connectivity index (χ1n) is 8.21. The fourth-order valence-corrected chi connectivity index (χ4v) is 2.04. The summed E-state index contributed by atoms with van der Waals surface area (Å²) in [7, 11) is 0. The van der Waals surface area contributed by atoms with Gasteiger partial charge in [-0.25, -0.2) is 0 Å². The van der Waals surface area contributed by atoms with Crippen molar-refractivity contribution >= 4 is 0 Å². The van der Waals surface area contributed by atoms with Crippen LogP contribution >= 0.6 is 0 Å². The molecule has 0 nitrogen and oxygen atoms in total. The summed E-state index contributed by atoms with van der Waals surface area (Å²) in [6.45, 7) is 4.53. The fraction of sp³-hybridized carbons (Fsp3) is 0.778. The van der Waals surface area contributed by atoms with E-state index in [4.69, 9.17) is 0 Å². The van der Waals surface area contributed by atoms with Crippen LogP contribution in [0.3, 0.4) is 0 Å². The molecule has 0 rings (SSSR count). The molecule has 0 bridgehead atoms. The van der Waals surface area contributed by atoms with E-state index in [9.17, 15) is 0 Å². The quantitative estimate of drug-likeness (QED) is 0.248. The average Bonchev–Trinajstić information content (AvgIpc) is 2.39. The summed E-state index contributed by atoms with van der Waals surface area (Å²) in [5.41, 5.74) is 0. The second kappa shape index (κ2) is 16.5. The van der Waals surface area contributed by atoms with Crippen molar-refractivity contribution in [1.29, 1.82) is 0 Å². The van der Waals surface area contributed by atoms with Gasteiger partial charge in [0.25, 0.3) is 0 Å². The molecular weight excluding hydrogens is 216 g/mol. The lowest BCUT2D eigenvalue weighted by Gasteiger charge is -1.96. The number of hydrogen-bond donors (Lipinski definition) is 0. The molecule has 0 aliphatic heterocycles. The minimum atomic E-state index is 1.22. The van der Waals surface area contributed by atoms with E-state index in [1.165, 1.54) is 77.0 Å². The molecule has 0 amide bonds. The lowest BCUT2D eigenvalue weighted by atomic mass is 10.1. The van der Waals surface area contributed by atoms with Crippen LogP contribution in [0.4, 0.5) is 0 Å². The maximum absolute atomic E-state index is 2.37. The lowest BCUT2D eigenvalue weighted by Crippen LogP contribution is -1.76. The molecule has 0 saturated heterocycles. The minimum Gasteiger partial charge on any atom is -0.0885 e.